The summed E-state index contributed by atoms with van der Waals surface area (Å²) in [6.45, 7) is 3.03. The Labute approximate surface area is 157 Å². The number of benzene rings is 2. The molecule has 0 spiro atoms. The molecule has 2 aliphatic rings. The Morgan fingerprint density at radius 2 is 1.81 bits per heavy atom. The molecule has 136 valence electrons. The normalized spacial score (nSPS) is 19.8. The number of para-hydroxylation sites is 1. The summed E-state index contributed by atoms with van der Waals surface area (Å²) in [7, 11) is 0. The molecule has 1 fully saturated rings. The van der Waals surface area contributed by atoms with E-state index in [1.54, 1.807) is 6.07 Å². The number of carbonyl (C=O) groups excluding carboxylic acids is 1. The third kappa shape index (κ3) is 3.51. The zero-order valence-electron chi connectivity index (χ0n) is 14.5. The molecule has 2 aromatic rings. The molecule has 26 heavy (non-hydrogen) atoms. The van der Waals surface area contributed by atoms with Gasteiger partial charge in [0.2, 0.25) is 0 Å². The highest BCUT2D eigenvalue weighted by Gasteiger charge is 2.27. The third-order valence-electron chi connectivity index (χ3n) is 5.01. The molecular weight excluding hydrogens is 349 g/mol. The summed E-state index contributed by atoms with van der Waals surface area (Å²) in [6.07, 6.45) is 0.830. The van der Waals surface area contributed by atoms with Crippen molar-refractivity contribution in [1.82, 2.24) is 10.2 Å². The number of nitrogens with zero attached hydrogens (tertiary/aromatic N) is 2. The molecule has 2 amide bonds. The van der Waals surface area contributed by atoms with Gasteiger partial charge in [0.05, 0.1) is 6.04 Å². The zero-order valence-corrected chi connectivity index (χ0v) is 15.3. The number of urea groups is 1. The Balaban J connectivity index is 1.38. The minimum Gasteiger partial charge on any atom is -0.368 e. The fraction of sp³-hybridized carbons (Fsp3) is 0.350. The van der Waals surface area contributed by atoms with E-state index >= 15 is 0 Å². The number of halogens is 1. The highest BCUT2D eigenvalue weighted by atomic mass is 32.2. The van der Waals surface area contributed by atoms with Gasteiger partial charge in [0, 0.05) is 42.5 Å². The largest absolute Gasteiger partial charge is 0.368 e. The molecule has 2 heterocycles. The maximum absolute atomic E-state index is 14.0. The molecule has 0 aliphatic carbocycles. The van der Waals surface area contributed by atoms with Gasteiger partial charge < -0.3 is 15.1 Å². The lowest BCUT2D eigenvalue weighted by atomic mass is 10.0. The number of amides is 2. The van der Waals surface area contributed by atoms with Crippen LogP contribution in [0.4, 0.5) is 14.9 Å². The monoisotopic (exact) mass is 371 g/mol. The first-order chi connectivity index (χ1) is 12.7. The van der Waals surface area contributed by atoms with Crippen molar-refractivity contribution in [3.05, 3.63) is 59.9 Å². The first kappa shape index (κ1) is 17.2. The summed E-state index contributed by atoms with van der Waals surface area (Å²) in [4.78, 5) is 17.5. The van der Waals surface area contributed by atoms with E-state index in [2.05, 4.69) is 22.3 Å². The third-order valence-corrected chi connectivity index (χ3v) is 6.17. The molecule has 1 unspecified atom stereocenters. The van der Waals surface area contributed by atoms with E-state index in [1.165, 1.54) is 23.5 Å². The number of nitrogens with one attached hydrogen (secondary N) is 1. The van der Waals surface area contributed by atoms with Gasteiger partial charge in [0.25, 0.3) is 0 Å². The van der Waals surface area contributed by atoms with E-state index in [0.29, 0.717) is 18.0 Å². The van der Waals surface area contributed by atoms with Crippen LogP contribution in [0.5, 0.6) is 0 Å². The number of fused-ring (bicyclic) bond motifs is 1. The van der Waals surface area contributed by atoms with Crippen molar-refractivity contribution in [2.45, 2.75) is 17.4 Å². The molecular formula is C20H22FN3OS. The van der Waals surface area contributed by atoms with Gasteiger partial charge in [-0.05, 0) is 30.2 Å². The lowest BCUT2D eigenvalue weighted by Crippen LogP contribution is -2.52. The molecule has 2 aromatic carbocycles. The molecule has 0 bridgehead atoms. The number of rotatable bonds is 2. The minimum atomic E-state index is -0.192. The first-order valence-electron chi connectivity index (χ1n) is 8.99. The minimum absolute atomic E-state index is 0.0511. The van der Waals surface area contributed by atoms with Gasteiger partial charge in [-0.15, -0.1) is 11.8 Å². The van der Waals surface area contributed by atoms with Crippen LogP contribution in [0.1, 0.15) is 18.0 Å². The molecule has 0 radical (unpaired) electrons. The second-order valence-corrected chi connectivity index (χ2v) is 7.71. The van der Waals surface area contributed by atoms with Crippen LogP contribution in [0, 0.1) is 5.82 Å². The van der Waals surface area contributed by atoms with Crippen molar-refractivity contribution >= 4 is 23.5 Å². The predicted octanol–water partition coefficient (Wildman–Crippen LogP) is 3.89. The Kier molecular flexibility index (Phi) is 5.02. The summed E-state index contributed by atoms with van der Waals surface area (Å²) < 4.78 is 14.0. The second-order valence-electron chi connectivity index (χ2n) is 6.61. The molecule has 4 nitrogen and oxygen atoms in total. The molecule has 6 heteroatoms. The highest BCUT2D eigenvalue weighted by molar-refractivity contribution is 7.99. The van der Waals surface area contributed by atoms with Crippen LogP contribution < -0.4 is 10.2 Å². The van der Waals surface area contributed by atoms with Crippen molar-refractivity contribution in [1.29, 1.82) is 0 Å². The van der Waals surface area contributed by atoms with Crippen LogP contribution in [0.25, 0.3) is 0 Å². The standard InChI is InChI=1S/C20H22FN3OS/c21-17-8-4-7-16-18(9-14-26-19(16)17)22-20(25)24-12-10-23(11-13-24)15-5-2-1-3-6-15/h1-8,18H,9-14H2,(H,22,25). The van der Waals surface area contributed by atoms with Gasteiger partial charge in [-0.2, -0.15) is 0 Å². The number of anilines is 1. The maximum atomic E-state index is 14.0. The molecule has 1 atom stereocenters. The van der Waals surface area contributed by atoms with Crippen LogP contribution in [0.15, 0.2) is 53.4 Å². The Bertz CT molecular complexity index is 778. The SMILES string of the molecule is O=C(NC1CCSc2c(F)cccc21)N1CCN(c2ccccc2)CC1. The Morgan fingerprint density at radius 3 is 2.58 bits per heavy atom. The fourth-order valence-electron chi connectivity index (χ4n) is 3.58. The van der Waals surface area contributed by atoms with Gasteiger partial charge in [-0.3, -0.25) is 0 Å². The quantitative estimate of drug-likeness (QED) is 0.870. The molecule has 4 rings (SSSR count). The molecule has 0 aromatic heterocycles. The van der Waals surface area contributed by atoms with Gasteiger partial charge in [0.15, 0.2) is 0 Å². The number of piperazine rings is 1. The summed E-state index contributed by atoms with van der Waals surface area (Å²) in [5.41, 5.74) is 2.10. The average molecular weight is 371 g/mol. The van der Waals surface area contributed by atoms with E-state index in [9.17, 15) is 9.18 Å². The van der Waals surface area contributed by atoms with Gasteiger partial charge in [-0.1, -0.05) is 30.3 Å². The predicted molar refractivity (Wildman–Crippen MR) is 103 cm³/mol. The fourth-order valence-corrected chi connectivity index (χ4v) is 4.72. The van der Waals surface area contributed by atoms with E-state index in [4.69, 9.17) is 0 Å². The molecule has 2 aliphatic heterocycles. The van der Waals surface area contributed by atoms with Crippen LogP contribution in [-0.2, 0) is 0 Å². The van der Waals surface area contributed by atoms with Crippen LogP contribution in [0.3, 0.4) is 0 Å². The van der Waals surface area contributed by atoms with E-state index in [0.717, 1.165) is 30.8 Å². The van der Waals surface area contributed by atoms with Gasteiger partial charge >= 0.3 is 6.03 Å². The van der Waals surface area contributed by atoms with Crippen molar-refractivity contribution in [3.63, 3.8) is 0 Å². The molecule has 1 saturated heterocycles. The van der Waals surface area contributed by atoms with Crippen molar-refractivity contribution < 1.29 is 9.18 Å². The maximum Gasteiger partial charge on any atom is 0.318 e. The van der Waals surface area contributed by atoms with E-state index < -0.39 is 0 Å². The lowest BCUT2D eigenvalue weighted by Gasteiger charge is -2.37. The van der Waals surface area contributed by atoms with E-state index in [-0.39, 0.29) is 17.9 Å². The Hall–Kier alpha value is -2.21. The van der Waals surface area contributed by atoms with Crippen molar-refractivity contribution in [2.24, 2.45) is 0 Å². The molecule has 0 saturated carbocycles. The van der Waals surface area contributed by atoms with Crippen molar-refractivity contribution in [2.75, 3.05) is 36.8 Å². The lowest BCUT2D eigenvalue weighted by molar-refractivity contribution is 0.189. The number of thioether (sulfide) groups is 1. The van der Waals surface area contributed by atoms with Crippen LogP contribution >= 0.6 is 11.8 Å². The second kappa shape index (κ2) is 7.58. The van der Waals surface area contributed by atoms with Gasteiger partial charge in [-0.25, -0.2) is 9.18 Å². The topological polar surface area (TPSA) is 35.6 Å². The van der Waals surface area contributed by atoms with Gasteiger partial charge in [0.1, 0.15) is 5.82 Å². The summed E-state index contributed by atoms with van der Waals surface area (Å²) in [5, 5.41) is 3.12. The average Bonchev–Trinajstić information content (AvgIpc) is 2.69. The first-order valence-corrected chi connectivity index (χ1v) is 9.97. The highest BCUT2D eigenvalue weighted by Crippen LogP contribution is 2.37. The van der Waals surface area contributed by atoms with Crippen molar-refractivity contribution in [3.8, 4) is 0 Å². The number of hydrogen-bond donors (Lipinski definition) is 1. The van der Waals surface area contributed by atoms with Crippen LogP contribution in [-0.4, -0.2) is 42.9 Å². The number of carbonyl (C=O) groups is 1. The van der Waals surface area contributed by atoms with E-state index in [1.807, 2.05) is 29.2 Å². The summed E-state index contributed by atoms with van der Waals surface area (Å²) >= 11 is 1.53. The smallest absolute Gasteiger partial charge is 0.318 e. The Morgan fingerprint density at radius 1 is 1.04 bits per heavy atom. The summed E-state index contributed by atoms with van der Waals surface area (Å²) in [5.74, 6) is 0.628. The van der Waals surface area contributed by atoms with Crippen LogP contribution in [0.2, 0.25) is 0 Å². The zero-order chi connectivity index (χ0) is 17.9. The summed E-state index contributed by atoms with van der Waals surface area (Å²) in [6, 6.07) is 15.2. The number of hydrogen-bond acceptors (Lipinski definition) is 3. The molecule has 1 N–H and O–H groups in total.